The van der Waals surface area contributed by atoms with Crippen LogP contribution in [0.2, 0.25) is 5.02 Å². The molecule has 0 unspecified atom stereocenters. The third-order valence-electron chi connectivity index (χ3n) is 5.57. The highest BCUT2D eigenvalue weighted by molar-refractivity contribution is 6.30. The summed E-state index contributed by atoms with van der Waals surface area (Å²) in [6.07, 6.45) is 4.87. The fourth-order valence-electron chi connectivity index (χ4n) is 3.62. The molecule has 6 heteroatoms. The fourth-order valence-corrected chi connectivity index (χ4v) is 3.75. The van der Waals surface area contributed by atoms with Crippen LogP contribution >= 0.6 is 11.6 Å². The van der Waals surface area contributed by atoms with Crippen molar-refractivity contribution in [1.29, 1.82) is 0 Å². The molecule has 4 rings (SSSR count). The number of benzene rings is 2. The summed E-state index contributed by atoms with van der Waals surface area (Å²) in [6.45, 7) is 2.17. The van der Waals surface area contributed by atoms with Crippen LogP contribution in [0.3, 0.4) is 0 Å². The highest BCUT2D eigenvalue weighted by atomic mass is 35.5. The molecule has 28 heavy (non-hydrogen) atoms. The molecule has 0 radical (unpaired) electrons. The SMILES string of the molecule is O=C(Nc1ccc(Cl)cc1)C1(C(=O)Nc2ccc(N3CCCCC3)cc2)CC1. The number of hydrogen-bond donors (Lipinski definition) is 2. The molecule has 2 fully saturated rings. The molecule has 2 aromatic carbocycles. The lowest BCUT2D eigenvalue weighted by atomic mass is 10.0. The van der Waals surface area contributed by atoms with E-state index in [0.29, 0.717) is 23.6 Å². The predicted molar refractivity (Wildman–Crippen MR) is 113 cm³/mol. The second-order valence-corrected chi connectivity index (χ2v) is 8.03. The molecule has 1 heterocycles. The second-order valence-electron chi connectivity index (χ2n) is 7.59. The molecule has 1 aliphatic carbocycles. The summed E-state index contributed by atoms with van der Waals surface area (Å²) in [7, 11) is 0. The normalized spacial score (nSPS) is 17.7. The van der Waals surface area contributed by atoms with Crippen LogP contribution in [0.25, 0.3) is 0 Å². The van der Waals surface area contributed by atoms with Crippen LogP contribution in [-0.4, -0.2) is 24.9 Å². The predicted octanol–water partition coefficient (Wildman–Crippen LogP) is 4.69. The molecule has 2 aliphatic rings. The van der Waals surface area contributed by atoms with E-state index >= 15 is 0 Å². The van der Waals surface area contributed by atoms with E-state index in [2.05, 4.69) is 15.5 Å². The third-order valence-corrected chi connectivity index (χ3v) is 5.82. The average Bonchev–Trinajstić information content (AvgIpc) is 3.53. The standard InChI is InChI=1S/C22H24ClN3O2/c23-16-4-6-17(7-5-16)24-20(27)22(12-13-22)21(28)25-18-8-10-19(11-9-18)26-14-2-1-3-15-26/h4-11H,1-3,12-15H2,(H,24,27)(H,25,28). The minimum Gasteiger partial charge on any atom is -0.372 e. The van der Waals surface area contributed by atoms with E-state index in [1.807, 2.05) is 24.3 Å². The first-order valence-electron chi connectivity index (χ1n) is 9.80. The molecule has 1 aliphatic heterocycles. The van der Waals surface area contributed by atoms with Crippen LogP contribution in [0.4, 0.5) is 17.1 Å². The quantitative estimate of drug-likeness (QED) is 0.719. The van der Waals surface area contributed by atoms with E-state index in [-0.39, 0.29) is 11.8 Å². The first kappa shape index (κ1) is 18.8. The van der Waals surface area contributed by atoms with Gasteiger partial charge in [-0.2, -0.15) is 0 Å². The van der Waals surface area contributed by atoms with Crippen molar-refractivity contribution in [3.63, 3.8) is 0 Å². The van der Waals surface area contributed by atoms with Crippen molar-refractivity contribution >= 4 is 40.5 Å². The van der Waals surface area contributed by atoms with Crippen molar-refractivity contribution in [2.24, 2.45) is 5.41 Å². The number of carbonyl (C=O) groups excluding carboxylic acids is 2. The number of nitrogens with one attached hydrogen (secondary N) is 2. The Hall–Kier alpha value is -2.53. The van der Waals surface area contributed by atoms with Crippen molar-refractivity contribution in [2.45, 2.75) is 32.1 Å². The van der Waals surface area contributed by atoms with Crippen LogP contribution in [0.5, 0.6) is 0 Å². The van der Waals surface area contributed by atoms with Gasteiger partial charge >= 0.3 is 0 Å². The number of halogens is 1. The van der Waals surface area contributed by atoms with Gasteiger partial charge in [0.05, 0.1) is 0 Å². The van der Waals surface area contributed by atoms with Gasteiger partial charge in [-0.05, 0) is 80.6 Å². The molecular formula is C22H24ClN3O2. The van der Waals surface area contributed by atoms with Gasteiger partial charge in [-0.25, -0.2) is 0 Å². The lowest BCUT2D eigenvalue weighted by Crippen LogP contribution is -2.35. The van der Waals surface area contributed by atoms with E-state index in [1.165, 1.54) is 24.9 Å². The maximum Gasteiger partial charge on any atom is 0.240 e. The highest BCUT2D eigenvalue weighted by Crippen LogP contribution is 2.47. The average molecular weight is 398 g/mol. The maximum absolute atomic E-state index is 12.8. The molecule has 5 nitrogen and oxygen atoms in total. The van der Waals surface area contributed by atoms with Gasteiger partial charge in [-0.3, -0.25) is 9.59 Å². The summed E-state index contributed by atoms with van der Waals surface area (Å²) in [4.78, 5) is 27.8. The zero-order valence-corrected chi connectivity index (χ0v) is 16.5. The van der Waals surface area contributed by atoms with Gasteiger partial charge in [0.15, 0.2) is 0 Å². The van der Waals surface area contributed by atoms with Gasteiger partial charge in [-0.15, -0.1) is 0 Å². The third kappa shape index (κ3) is 3.99. The van der Waals surface area contributed by atoms with Crippen LogP contribution in [0, 0.1) is 5.41 Å². The Morgan fingerprint density at radius 2 is 1.29 bits per heavy atom. The summed E-state index contributed by atoms with van der Waals surface area (Å²) in [5.74, 6) is -0.512. The molecule has 0 aromatic heterocycles. The number of rotatable bonds is 5. The first-order valence-corrected chi connectivity index (χ1v) is 10.2. The lowest BCUT2D eigenvalue weighted by Gasteiger charge is -2.28. The Morgan fingerprint density at radius 3 is 1.79 bits per heavy atom. The van der Waals surface area contributed by atoms with Gasteiger partial charge < -0.3 is 15.5 Å². The van der Waals surface area contributed by atoms with Gasteiger partial charge in [-0.1, -0.05) is 11.6 Å². The zero-order chi connectivity index (χ0) is 19.6. The number of anilines is 3. The number of nitrogens with zero attached hydrogens (tertiary/aromatic N) is 1. The van der Waals surface area contributed by atoms with Crippen LogP contribution in [0.15, 0.2) is 48.5 Å². The minimum atomic E-state index is -0.981. The van der Waals surface area contributed by atoms with Gasteiger partial charge in [0, 0.05) is 35.2 Å². The van der Waals surface area contributed by atoms with E-state index in [0.717, 1.165) is 18.8 Å². The van der Waals surface area contributed by atoms with Gasteiger partial charge in [0.2, 0.25) is 11.8 Å². The van der Waals surface area contributed by atoms with Gasteiger partial charge in [0.1, 0.15) is 5.41 Å². The lowest BCUT2D eigenvalue weighted by molar-refractivity contribution is -0.131. The molecule has 0 bridgehead atoms. The summed E-state index contributed by atoms with van der Waals surface area (Å²) in [6, 6.07) is 14.8. The Bertz CT molecular complexity index is 854. The van der Waals surface area contributed by atoms with Crippen molar-refractivity contribution < 1.29 is 9.59 Å². The summed E-state index contributed by atoms with van der Waals surface area (Å²) >= 11 is 5.87. The summed E-state index contributed by atoms with van der Waals surface area (Å²) in [5.41, 5.74) is 1.56. The van der Waals surface area contributed by atoms with Crippen molar-refractivity contribution in [3.8, 4) is 0 Å². The molecule has 1 saturated heterocycles. The van der Waals surface area contributed by atoms with E-state index < -0.39 is 5.41 Å². The number of piperidine rings is 1. The van der Waals surface area contributed by atoms with Crippen LogP contribution < -0.4 is 15.5 Å². The molecule has 0 spiro atoms. The minimum absolute atomic E-state index is 0.246. The smallest absolute Gasteiger partial charge is 0.240 e. The Morgan fingerprint density at radius 1 is 0.786 bits per heavy atom. The molecule has 2 aromatic rings. The largest absolute Gasteiger partial charge is 0.372 e. The second kappa shape index (κ2) is 7.84. The maximum atomic E-state index is 12.8. The Kier molecular flexibility index (Phi) is 5.27. The van der Waals surface area contributed by atoms with E-state index in [9.17, 15) is 9.59 Å². The monoisotopic (exact) mass is 397 g/mol. The van der Waals surface area contributed by atoms with Crippen molar-refractivity contribution in [2.75, 3.05) is 28.6 Å². The van der Waals surface area contributed by atoms with Crippen molar-refractivity contribution in [1.82, 2.24) is 0 Å². The highest BCUT2D eigenvalue weighted by Gasteiger charge is 2.56. The summed E-state index contributed by atoms with van der Waals surface area (Å²) in [5, 5.41) is 6.34. The van der Waals surface area contributed by atoms with Crippen LogP contribution in [-0.2, 0) is 9.59 Å². The number of amides is 2. The van der Waals surface area contributed by atoms with E-state index in [1.54, 1.807) is 24.3 Å². The number of carbonyl (C=O) groups is 2. The number of hydrogen-bond acceptors (Lipinski definition) is 3. The molecule has 2 amide bonds. The zero-order valence-electron chi connectivity index (χ0n) is 15.7. The van der Waals surface area contributed by atoms with Crippen molar-refractivity contribution in [3.05, 3.63) is 53.6 Å². The topological polar surface area (TPSA) is 61.4 Å². The molecule has 146 valence electrons. The Balaban J connectivity index is 1.38. The molecule has 1 saturated carbocycles. The molecular weight excluding hydrogens is 374 g/mol. The van der Waals surface area contributed by atoms with E-state index in [4.69, 9.17) is 11.6 Å². The molecule has 2 N–H and O–H groups in total. The summed E-state index contributed by atoms with van der Waals surface area (Å²) < 4.78 is 0. The Labute approximate surface area is 170 Å². The van der Waals surface area contributed by atoms with Crippen LogP contribution in [0.1, 0.15) is 32.1 Å². The molecule has 0 atom stereocenters. The van der Waals surface area contributed by atoms with Gasteiger partial charge in [0.25, 0.3) is 0 Å². The fraction of sp³-hybridized carbons (Fsp3) is 0.364. The first-order chi connectivity index (χ1) is 13.6.